The maximum absolute atomic E-state index is 11.9. The molecule has 0 bridgehead atoms. The number of aryl methyl sites for hydroxylation is 2. The molecule has 19 heavy (non-hydrogen) atoms. The van der Waals surface area contributed by atoms with Gasteiger partial charge in [0, 0.05) is 5.02 Å². The van der Waals surface area contributed by atoms with E-state index in [-0.39, 0.29) is 12.6 Å². The van der Waals surface area contributed by atoms with Crippen molar-refractivity contribution in [2.75, 3.05) is 0 Å². The van der Waals surface area contributed by atoms with Gasteiger partial charge in [-0.3, -0.25) is 0 Å². The Morgan fingerprint density at radius 2 is 1.74 bits per heavy atom. The van der Waals surface area contributed by atoms with Gasteiger partial charge in [0.1, 0.15) is 6.61 Å². The van der Waals surface area contributed by atoms with Gasteiger partial charge in [-0.2, -0.15) is 0 Å². The van der Waals surface area contributed by atoms with Gasteiger partial charge in [0.15, 0.2) is 0 Å². The Labute approximate surface area is 118 Å². The largest absolute Gasteiger partial charge is 0.457 e. The molecule has 0 amide bonds. The van der Waals surface area contributed by atoms with E-state index in [1.807, 2.05) is 38.1 Å². The lowest BCUT2D eigenvalue weighted by atomic mass is 10.1. The number of ether oxygens (including phenoxy) is 1. The fourth-order valence-electron chi connectivity index (χ4n) is 1.68. The first-order valence-corrected chi connectivity index (χ1v) is 6.43. The van der Waals surface area contributed by atoms with Crippen LogP contribution in [0.2, 0.25) is 5.02 Å². The molecule has 2 rings (SSSR count). The van der Waals surface area contributed by atoms with Gasteiger partial charge in [0.25, 0.3) is 0 Å². The Morgan fingerprint density at radius 3 is 2.37 bits per heavy atom. The van der Waals surface area contributed by atoms with Crippen LogP contribution < -0.4 is 0 Å². The second-order valence-corrected chi connectivity index (χ2v) is 4.94. The zero-order chi connectivity index (χ0) is 13.8. The molecular weight excluding hydrogens is 260 g/mol. The van der Waals surface area contributed by atoms with Crippen LogP contribution in [-0.4, -0.2) is 5.97 Å². The number of rotatable bonds is 3. The van der Waals surface area contributed by atoms with E-state index in [9.17, 15) is 4.79 Å². The van der Waals surface area contributed by atoms with E-state index >= 15 is 0 Å². The topological polar surface area (TPSA) is 26.3 Å². The van der Waals surface area contributed by atoms with E-state index in [0.29, 0.717) is 10.6 Å². The summed E-state index contributed by atoms with van der Waals surface area (Å²) in [6.07, 6.45) is 0. The number of hydrogen-bond acceptors (Lipinski definition) is 2. The van der Waals surface area contributed by atoms with Crippen LogP contribution in [0.5, 0.6) is 0 Å². The van der Waals surface area contributed by atoms with Gasteiger partial charge in [-0.15, -0.1) is 0 Å². The standard InChI is InChI=1S/C16H15ClO2/c1-11-3-6-14(9-12(11)2)16(18)19-10-13-4-7-15(17)8-5-13/h3-9H,10H2,1-2H3. The number of esters is 1. The van der Waals surface area contributed by atoms with Crippen molar-refractivity contribution in [1.82, 2.24) is 0 Å². The van der Waals surface area contributed by atoms with E-state index in [0.717, 1.165) is 16.7 Å². The summed E-state index contributed by atoms with van der Waals surface area (Å²) < 4.78 is 5.27. The third-order valence-corrected chi connectivity index (χ3v) is 3.28. The highest BCUT2D eigenvalue weighted by Gasteiger charge is 2.08. The Kier molecular flexibility index (Phi) is 4.23. The van der Waals surface area contributed by atoms with E-state index in [2.05, 4.69) is 0 Å². The summed E-state index contributed by atoms with van der Waals surface area (Å²) in [7, 11) is 0. The first kappa shape index (κ1) is 13.6. The second kappa shape index (κ2) is 5.89. The zero-order valence-corrected chi connectivity index (χ0v) is 11.7. The minimum absolute atomic E-state index is 0.253. The summed E-state index contributed by atoms with van der Waals surface area (Å²) in [5.41, 5.74) is 3.74. The summed E-state index contributed by atoms with van der Waals surface area (Å²) in [5.74, 6) is -0.307. The summed E-state index contributed by atoms with van der Waals surface area (Å²) in [4.78, 5) is 11.9. The van der Waals surface area contributed by atoms with Crippen LogP contribution in [0.1, 0.15) is 27.0 Å². The van der Waals surface area contributed by atoms with Gasteiger partial charge >= 0.3 is 5.97 Å². The maximum atomic E-state index is 11.9. The minimum Gasteiger partial charge on any atom is -0.457 e. The molecule has 3 heteroatoms. The molecule has 0 saturated heterocycles. The molecule has 0 unspecified atom stereocenters. The van der Waals surface area contributed by atoms with E-state index in [1.54, 1.807) is 18.2 Å². The first-order valence-electron chi connectivity index (χ1n) is 6.05. The molecule has 2 aromatic carbocycles. The molecule has 0 fully saturated rings. The number of carbonyl (C=O) groups excluding carboxylic acids is 1. The number of carbonyl (C=O) groups is 1. The average molecular weight is 275 g/mol. The quantitative estimate of drug-likeness (QED) is 0.780. The Hall–Kier alpha value is -1.80. The van der Waals surface area contributed by atoms with Gasteiger partial charge in [-0.25, -0.2) is 4.79 Å². The van der Waals surface area contributed by atoms with Crippen LogP contribution in [0.3, 0.4) is 0 Å². The van der Waals surface area contributed by atoms with Gasteiger partial charge < -0.3 is 4.74 Å². The van der Waals surface area contributed by atoms with Gasteiger partial charge in [0.05, 0.1) is 5.56 Å². The Morgan fingerprint density at radius 1 is 1.05 bits per heavy atom. The summed E-state index contributed by atoms with van der Waals surface area (Å²) in [6.45, 7) is 4.24. The number of benzene rings is 2. The molecule has 98 valence electrons. The van der Waals surface area contributed by atoms with Crippen LogP contribution in [-0.2, 0) is 11.3 Å². The monoisotopic (exact) mass is 274 g/mol. The molecule has 0 aliphatic carbocycles. The van der Waals surface area contributed by atoms with Gasteiger partial charge in [-0.05, 0) is 54.8 Å². The molecule has 0 heterocycles. The third-order valence-electron chi connectivity index (χ3n) is 3.03. The average Bonchev–Trinajstić information content (AvgIpc) is 2.41. The van der Waals surface area contributed by atoms with Crippen molar-refractivity contribution in [2.45, 2.75) is 20.5 Å². The van der Waals surface area contributed by atoms with Crippen LogP contribution >= 0.6 is 11.6 Å². The molecular formula is C16H15ClO2. The summed E-state index contributed by atoms with van der Waals surface area (Å²) in [5, 5.41) is 0.671. The van der Waals surface area contributed by atoms with Crippen LogP contribution in [0.15, 0.2) is 42.5 Å². The molecule has 2 aromatic rings. The predicted molar refractivity (Wildman–Crippen MR) is 76.5 cm³/mol. The lowest BCUT2D eigenvalue weighted by molar-refractivity contribution is 0.0472. The van der Waals surface area contributed by atoms with Crippen LogP contribution in [0.4, 0.5) is 0 Å². The smallest absolute Gasteiger partial charge is 0.338 e. The van der Waals surface area contributed by atoms with Crippen molar-refractivity contribution in [1.29, 1.82) is 0 Å². The first-order chi connectivity index (χ1) is 9.06. The molecule has 0 aliphatic heterocycles. The van der Waals surface area contributed by atoms with Crippen molar-refractivity contribution in [3.8, 4) is 0 Å². The Bertz CT molecular complexity index is 588. The fraction of sp³-hybridized carbons (Fsp3) is 0.188. The normalized spacial score (nSPS) is 10.3. The molecule has 0 aromatic heterocycles. The second-order valence-electron chi connectivity index (χ2n) is 4.50. The van der Waals surface area contributed by atoms with E-state index in [4.69, 9.17) is 16.3 Å². The highest BCUT2D eigenvalue weighted by atomic mass is 35.5. The molecule has 0 radical (unpaired) electrons. The fourth-order valence-corrected chi connectivity index (χ4v) is 1.81. The molecule has 0 atom stereocenters. The Balaban J connectivity index is 2.01. The van der Waals surface area contributed by atoms with Gasteiger partial charge in [-0.1, -0.05) is 29.8 Å². The summed E-state index contributed by atoms with van der Waals surface area (Å²) in [6, 6.07) is 12.8. The lowest BCUT2D eigenvalue weighted by Crippen LogP contribution is -2.05. The van der Waals surface area contributed by atoms with Crippen LogP contribution in [0, 0.1) is 13.8 Å². The van der Waals surface area contributed by atoms with Crippen molar-refractivity contribution in [3.63, 3.8) is 0 Å². The predicted octanol–water partition coefficient (Wildman–Crippen LogP) is 4.31. The number of hydrogen-bond donors (Lipinski definition) is 0. The van der Waals surface area contributed by atoms with Gasteiger partial charge in [0.2, 0.25) is 0 Å². The lowest BCUT2D eigenvalue weighted by Gasteiger charge is -2.07. The van der Waals surface area contributed by atoms with Crippen LogP contribution in [0.25, 0.3) is 0 Å². The molecule has 0 aliphatic rings. The molecule has 2 nitrogen and oxygen atoms in total. The summed E-state index contributed by atoms with van der Waals surface area (Å²) >= 11 is 5.79. The van der Waals surface area contributed by atoms with E-state index < -0.39 is 0 Å². The van der Waals surface area contributed by atoms with Crippen molar-refractivity contribution in [3.05, 3.63) is 69.7 Å². The molecule has 0 spiro atoms. The highest BCUT2D eigenvalue weighted by molar-refractivity contribution is 6.30. The van der Waals surface area contributed by atoms with E-state index in [1.165, 1.54) is 0 Å². The van der Waals surface area contributed by atoms with Crippen molar-refractivity contribution in [2.24, 2.45) is 0 Å². The molecule has 0 saturated carbocycles. The SMILES string of the molecule is Cc1ccc(C(=O)OCc2ccc(Cl)cc2)cc1C. The zero-order valence-electron chi connectivity index (χ0n) is 10.9. The van der Waals surface area contributed by atoms with Crippen molar-refractivity contribution < 1.29 is 9.53 Å². The highest BCUT2D eigenvalue weighted by Crippen LogP contribution is 2.13. The number of halogens is 1. The van der Waals surface area contributed by atoms with Crippen molar-refractivity contribution >= 4 is 17.6 Å². The molecule has 0 N–H and O–H groups in total. The third kappa shape index (κ3) is 3.58. The minimum atomic E-state index is -0.307. The maximum Gasteiger partial charge on any atom is 0.338 e.